The number of para-hydroxylation sites is 5. The van der Waals surface area contributed by atoms with Crippen molar-refractivity contribution in [2.75, 3.05) is 4.90 Å². The third-order valence-electron chi connectivity index (χ3n) is 8.45. The SMILES string of the molecule is c1ccc2c(c1)Sc1cccc3c1B2c1ccccc1N3c1ccccc1-n1c2ccccc2c2ccccc21. The number of benzene rings is 6. The van der Waals surface area contributed by atoms with E-state index >= 15 is 0 Å². The van der Waals surface area contributed by atoms with Gasteiger partial charge >= 0.3 is 0 Å². The van der Waals surface area contributed by atoms with E-state index in [9.17, 15) is 0 Å². The van der Waals surface area contributed by atoms with Crippen molar-refractivity contribution in [3.05, 3.63) is 140 Å². The minimum atomic E-state index is 0.219. The monoisotopic (exact) mass is 526 g/mol. The molecule has 0 radical (unpaired) electrons. The molecule has 0 aliphatic carbocycles. The van der Waals surface area contributed by atoms with Gasteiger partial charge in [-0.1, -0.05) is 108 Å². The van der Waals surface area contributed by atoms with Crippen molar-refractivity contribution in [2.24, 2.45) is 0 Å². The van der Waals surface area contributed by atoms with Crippen LogP contribution in [0.25, 0.3) is 27.5 Å². The number of anilines is 3. The fourth-order valence-corrected chi connectivity index (χ4v) is 8.03. The molecule has 7 aromatic rings. The van der Waals surface area contributed by atoms with E-state index in [1.54, 1.807) is 0 Å². The second-order valence-electron chi connectivity index (χ2n) is 10.5. The highest BCUT2D eigenvalue weighted by atomic mass is 32.2. The summed E-state index contributed by atoms with van der Waals surface area (Å²) >= 11 is 1.90. The molecule has 40 heavy (non-hydrogen) atoms. The average molecular weight is 526 g/mol. The first-order chi connectivity index (χ1) is 19.9. The predicted molar refractivity (Wildman–Crippen MR) is 171 cm³/mol. The highest BCUT2D eigenvalue weighted by molar-refractivity contribution is 8.00. The number of aromatic nitrogens is 1. The van der Waals surface area contributed by atoms with Gasteiger partial charge in [-0.3, -0.25) is 0 Å². The van der Waals surface area contributed by atoms with E-state index in [1.807, 2.05) is 11.8 Å². The lowest BCUT2D eigenvalue weighted by Gasteiger charge is -2.40. The molecule has 9 rings (SSSR count). The second-order valence-corrected chi connectivity index (χ2v) is 11.6. The summed E-state index contributed by atoms with van der Waals surface area (Å²) in [6.45, 7) is 0.219. The van der Waals surface area contributed by atoms with Crippen molar-refractivity contribution >= 4 is 73.7 Å². The Kier molecular flexibility index (Phi) is 4.67. The summed E-state index contributed by atoms with van der Waals surface area (Å²) in [7, 11) is 0. The summed E-state index contributed by atoms with van der Waals surface area (Å²) in [6.07, 6.45) is 0. The van der Waals surface area contributed by atoms with E-state index in [0.717, 1.165) is 0 Å². The van der Waals surface area contributed by atoms with Gasteiger partial charge in [-0.25, -0.2) is 0 Å². The van der Waals surface area contributed by atoms with Crippen molar-refractivity contribution in [1.29, 1.82) is 0 Å². The van der Waals surface area contributed by atoms with Crippen LogP contribution >= 0.6 is 11.8 Å². The molecule has 0 saturated carbocycles. The fraction of sp³-hybridized carbons (Fsp3) is 0. The molecule has 0 fully saturated rings. The molecule has 3 heterocycles. The lowest BCUT2D eigenvalue weighted by molar-refractivity contribution is 1.15. The molecule has 2 aliphatic heterocycles. The molecule has 0 N–H and O–H groups in total. The van der Waals surface area contributed by atoms with Crippen LogP contribution in [0.4, 0.5) is 17.1 Å². The van der Waals surface area contributed by atoms with Crippen molar-refractivity contribution in [3.8, 4) is 5.69 Å². The van der Waals surface area contributed by atoms with E-state index in [-0.39, 0.29) is 6.71 Å². The Morgan fingerprint density at radius 1 is 0.425 bits per heavy atom. The summed E-state index contributed by atoms with van der Waals surface area (Å²) in [5.41, 5.74) is 11.5. The molecule has 186 valence electrons. The molecule has 0 unspecified atom stereocenters. The molecule has 0 spiro atoms. The van der Waals surface area contributed by atoms with Crippen LogP contribution in [0, 0.1) is 0 Å². The lowest BCUT2D eigenvalue weighted by atomic mass is 9.35. The Labute approximate surface area is 237 Å². The molecular formula is C36H23BN2S. The highest BCUT2D eigenvalue weighted by Crippen LogP contribution is 2.44. The van der Waals surface area contributed by atoms with Crippen molar-refractivity contribution in [2.45, 2.75) is 9.79 Å². The Balaban J connectivity index is 1.36. The third-order valence-corrected chi connectivity index (χ3v) is 9.62. The normalized spacial score (nSPS) is 13.3. The summed E-state index contributed by atoms with van der Waals surface area (Å²) in [6, 6.07) is 51.1. The summed E-state index contributed by atoms with van der Waals surface area (Å²) in [5, 5.41) is 2.55. The van der Waals surface area contributed by atoms with Crippen molar-refractivity contribution in [1.82, 2.24) is 4.57 Å². The zero-order valence-electron chi connectivity index (χ0n) is 21.7. The van der Waals surface area contributed by atoms with Gasteiger partial charge in [0.05, 0.1) is 22.4 Å². The third kappa shape index (κ3) is 2.97. The predicted octanol–water partition coefficient (Wildman–Crippen LogP) is 7.55. The maximum atomic E-state index is 2.50. The molecule has 2 aliphatic rings. The Hall–Kier alpha value is -4.67. The number of hydrogen-bond acceptors (Lipinski definition) is 2. The second kappa shape index (κ2) is 8.42. The summed E-state index contributed by atoms with van der Waals surface area (Å²) in [4.78, 5) is 5.19. The molecule has 0 amide bonds. The van der Waals surface area contributed by atoms with Gasteiger partial charge in [-0.05, 0) is 59.5 Å². The average Bonchev–Trinajstić information content (AvgIpc) is 3.35. The van der Waals surface area contributed by atoms with Gasteiger partial charge in [-0.2, -0.15) is 0 Å². The van der Waals surface area contributed by atoms with Crippen LogP contribution in [0.5, 0.6) is 0 Å². The van der Waals surface area contributed by atoms with Gasteiger partial charge in [0, 0.05) is 31.9 Å². The minimum Gasteiger partial charge on any atom is -0.309 e. The first kappa shape index (κ1) is 22.2. The smallest absolute Gasteiger partial charge is 0.249 e. The largest absolute Gasteiger partial charge is 0.309 e. The van der Waals surface area contributed by atoms with E-state index in [0.29, 0.717) is 0 Å². The summed E-state index contributed by atoms with van der Waals surface area (Å²) < 4.78 is 2.44. The van der Waals surface area contributed by atoms with Crippen LogP contribution in [0.15, 0.2) is 149 Å². The van der Waals surface area contributed by atoms with Crippen LogP contribution in [0.1, 0.15) is 0 Å². The van der Waals surface area contributed by atoms with E-state index in [4.69, 9.17) is 0 Å². The number of nitrogens with zero attached hydrogens (tertiary/aromatic N) is 2. The van der Waals surface area contributed by atoms with Gasteiger partial charge in [0.25, 0.3) is 0 Å². The Morgan fingerprint density at radius 2 is 0.975 bits per heavy atom. The van der Waals surface area contributed by atoms with Gasteiger partial charge in [-0.15, -0.1) is 0 Å². The van der Waals surface area contributed by atoms with Gasteiger partial charge in [0.2, 0.25) is 6.71 Å². The molecule has 2 nitrogen and oxygen atoms in total. The van der Waals surface area contributed by atoms with Crippen LogP contribution in [0.3, 0.4) is 0 Å². The van der Waals surface area contributed by atoms with Crippen molar-refractivity contribution in [3.63, 3.8) is 0 Å². The molecule has 0 atom stereocenters. The van der Waals surface area contributed by atoms with Gasteiger partial charge < -0.3 is 9.47 Å². The van der Waals surface area contributed by atoms with Crippen LogP contribution in [-0.2, 0) is 0 Å². The Morgan fingerprint density at radius 3 is 1.75 bits per heavy atom. The zero-order chi connectivity index (χ0) is 26.2. The molecule has 4 heteroatoms. The molecule has 0 bridgehead atoms. The lowest BCUT2D eigenvalue weighted by Crippen LogP contribution is -2.59. The molecule has 0 saturated heterocycles. The van der Waals surface area contributed by atoms with Crippen LogP contribution < -0.4 is 21.3 Å². The zero-order valence-corrected chi connectivity index (χ0v) is 22.5. The topological polar surface area (TPSA) is 8.17 Å². The number of fused-ring (bicyclic) bond motifs is 7. The first-order valence-electron chi connectivity index (χ1n) is 13.7. The van der Waals surface area contributed by atoms with Gasteiger partial charge in [0.1, 0.15) is 0 Å². The number of hydrogen-bond donors (Lipinski definition) is 0. The Bertz CT molecular complexity index is 2070. The van der Waals surface area contributed by atoms with Crippen LogP contribution in [-0.4, -0.2) is 11.3 Å². The maximum absolute atomic E-state index is 2.50. The van der Waals surface area contributed by atoms with Crippen LogP contribution in [0.2, 0.25) is 0 Å². The standard InChI is InChI=1S/C36H23BN2S/c1-5-16-28-24(12-1)25-13-2-6-17-29(25)38(28)31-19-8-9-20-32(31)39-30-18-7-3-14-26(30)37-27-15-4-10-22-34(27)40-35-23-11-21-33(39)36(35)37/h1-23H. The fourth-order valence-electron chi connectivity index (χ4n) is 6.86. The van der Waals surface area contributed by atoms with E-state index < -0.39 is 0 Å². The molecular weight excluding hydrogens is 503 g/mol. The quantitative estimate of drug-likeness (QED) is 0.215. The molecule has 1 aromatic heterocycles. The van der Waals surface area contributed by atoms with Gasteiger partial charge in [0.15, 0.2) is 0 Å². The minimum absolute atomic E-state index is 0.219. The van der Waals surface area contributed by atoms with Crippen molar-refractivity contribution < 1.29 is 0 Å². The first-order valence-corrected chi connectivity index (χ1v) is 14.6. The van der Waals surface area contributed by atoms with E-state index in [2.05, 4.69) is 149 Å². The number of rotatable bonds is 2. The van der Waals surface area contributed by atoms with E-state index in [1.165, 1.54) is 70.7 Å². The maximum Gasteiger partial charge on any atom is 0.249 e. The molecule has 6 aromatic carbocycles. The summed E-state index contributed by atoms with van der Waals surface area (Å²) in [5.74, 6) is 0. The highest BCUT2D eigenvalue weighted by Gasteiger charge is 2.40.